The lowest BCUT2D eigenvalue weighted by Crippen LogP contribution is -2.28. The highest BCUT2D eigenvalue weighted by atomic mass is 79.9. The van der Waals surface area contributed by atoms with Crippen molar-refractivity contribution in [3.8, 4) is 0 Å². The van der Waals surface area contributed by atoms with Gasteiger partial charge in [0, 0.05) is 24.7 Å². The third kappa shape index (κ3) is 6.50. The fraction of sp³-hybridized carbons (Fsp3) is 0.571. The molecule has 0 aliphatic rings. The zero-order chi connectivity index (χ0) is 13.2. The topological polar surface area (TPSA) is 30.5 Å². The van der Waals surface area contributed by atoms with E-state index in [-0.39, 0.29) is 6.10 Å². The van der Waals surface area contributed by atoms with Gasteiger partial charge in [0.2, 0.25) is 0 Å². The van der Waals surface area contributed by atoms with Crippen molar-refractivity contribution < 1.29 is 9.47 Å². The molecular weight excluding hydrogens is 294 g/mol. The molecule has 0 saturated carbocycles. The van der Waals surface area contributed by atoms with Crippen LogP contribution in [0.4, 0.5) is 0 Å². The minimum Gasteiger partial charge on any atom is -0.385 e. The van der Waals surface area contributed by atoms with Crippen LogP contribution in [0.3, 0.4) is 0 Å². The van der Waals surface area contributed by atoms with Crippen molar-refractivity contribution in [2.75, 3.05) is 26.8 Å². The van der Waals surface area contributed by atoms with Gasteiger partial charge in [-0.2, -0.15) is 0 Å². The molecule has 0 heterocycles. The van der Waals surface area contributed by atoms with E-state index in [2.05, 4.69) is 34.2 Å². The largest absolute Gasteiger partial charge is 0.385 e. The van der Waals surface area contributed by atoms with E-state index in [1.807, 2.05) is 18.2 Å². The molecule has 102 valence electrons. The summed E-state index contributed by atoms with van der Waals surface area (Å²) in [6, 6.07) is 8.14. The molecule has 0 saturated heterocycles. The Bertz CT molecular complexity index is 333. The van der Waals surface area contributed by atoms with Crippen LogP contribution in [0.2, 0.25) is 0 Å². The van der Waals surface area contributed by atoms with E-state index < -0.39 is 0 Å². The average molecular weight is 316 g/mol. The first-order valence-corrected chi connectivity index (χ1v) is 7.08. The molecule has 0 radical (unpaired) electrons. The SMILES string of the molecule is COCCCNCC(C)OCc1ccccc1Br. The molecule has 1 N–H and O–H groups in total. The van der Waals surface area contributed by atoms with Gasteiger partial charge in [0.1, 0.15) is 0 Å². The fourth-order valence-corrected chi connectivity index (χ4v) is 1.95. The lowest BCUT2D eigenvalue weighted by Gasteiger charge is -2.14. The van der Waals surface area contributed by atoms with Gasteiger partial charge < -0.3 is 14.8 Å². The number of nitrogens with one attached hydrogen (secondary N) is 1. The van der Waals surface area contributed by atoms with Crippen LogP contribution >= 0.6 is 15.9 Å². The zero-order valence-corrected chi connectivity index (χ0v) is 12.7. The van der Waals surface area contributed by atoms with E-state index in [1.165, 1.54) is 5.56 Å². The highest BCUT2D eigenvalue weighted by Gasteiger charge is 2.04. The van der Waals surface area contributed by atoms with Crippen molar-refractivity contribution in [3.63, 3.8) is 0 Å². The number of hydrogen-bond donors (Lipinski definition) is 1. The number of benzene rings is 1. The Morgan fingerprint density at radius 2 is 2.11 bits per heavy atom. The van der Waals surface area contributed by atoms with Crippen LogP contribution in [0.25, 0.3) is 0 Å². The highest BCUT2D eigenvalue weighted by molar-refractivity contribution is 9.10. The second-order valence-corrected chi connectivity index (χ2v) is 5.12. The Kier molecular flexibility index (Phi) is 8.25. The number of rotatable bonds is 9. The van der Waals surface area contributed by atoms with E-state index in [0.717, 1.165) is 30.6 Å². The van der Waals surface area contributed by atoms with Crippen LogP contribution in [0.5, 0.6) is 0 Å². The van der Waals surface area contributed by atoms with E-state index in [0.29, 0.717) is 6.61 Å². The average Bonchev–Trinajstić information content (AvgIpc) is 2.37. The van der Waals surface area contributed by atoms with Gasteiger partial charge in [-0.3, -0.25) is 0 Å². The second-order valence-electron chi connectivity index (χ2n) is 4.26. The Hall–Kier alpha value is -0.420. The van der Waals surface area contributed by atoms with Crippen molar-refractivity contribution in [2.24, 2.45) is 0 Å². The molecule has 1 aromatic carbocycles. The predicted molar refractivity (Wildman–Crippen MR) is 77.8 cm³/mol. The maximum absolute atomic E-state index is 5.79. The van der Waals surface area contributed by atoms with Gasteiger partial charge in [-0.1, -0.05) is 34.1 Å². The summed E-state index contributed by atoms with van der Waals surface area (Å²) >= 11 is 3.52. The van der Waals surface area contributed by atoms with Crippen molar-refractivity contribution in [1.82, 2.24) is 5.32 Å². The summed E-state index contributed by atoms with van der Waals surface area (Å²) < 4.78 is 11.9. The molecule has 0 aromatic heterocycles. The number of methoxy groups -OCH3 is 1. The van der Waals surface area contributed by atoms with Crippen LogP contribution in [0, 0.1) is 0 Å². The van der Waals surface area contributed by atoms with E-state index >= 15 is 0 Å². The Labute approximate surface area is 118 Å². The molecule has 1 rings (SSSR count). The first-order valence-electron chi connectivity index (χ1n) is 6.28. The first-order chi connectivity index (χ1) is 8.74. The Balaban J connectivity index is 2.13. The normalized spacial score (nSPS) is 12.6. The minimum absolute atomic E-state index is 0.208. The summed E-state index contributed by atoms with van der Waals surface area (Å²) in [5.74, 6) is 0. The maximum atomic E-state index is 5.79. The van der Waals surface area contributed by atoms with Crippen molar-refractivity contribution in [2.45, 2.75) is 26.1 Å². The Morgan fingerprint density at radius 3 is 2.83 bits per heavy atom. The summed E-state index contributed by atoms with van der Waals surface area (Å²) in [6.45, 7) is 5.37. The highest BCUT2D eigenvalue weighted by Crippen LogP contribution is 2.17. The summed E-state index contributed by atoms with van der Waals surface area (Å²) in [4.78, 5) is 0. The molecule has 1 aromatic rings. The summed E-state index contributed by atoms with van der Waals surface area (Å²) in [6.07, 6.45) is 1.24. The molecule has 0 amide bonds. The molecule has 1 atom stereocenters. The molecule has 0 spiro atoms. The quantitative estimate of drug-likeness (QED) is 0.711. The van der Waals surface area contributed by atoms with E-state index in [9.17, 15) is 0 Å². The van der Waals surface area contributed by atoms with Gasteiger partial charge in [0.05, 0.1) is 12.7 Å². The molecule has 0 bridgehead atoms. The van der Waals surface area contributed by atoms with Crippen LogP contribution in [0.15, 0.2) is 28.7 Å². The van der Waals surface area contributed by atoms with E-state index in [4.69, 9.17) is 9.47 Å². The van der Waals surface area contributed by atoms with Crippen LogP contribution in [-0.4, -0.2) is 32.9 Å². The van der Waals surface area contributed by atoms with Gasteiger partial charge in [-0.25, -0.2) is 0 Å². The first kappa shape index (κ1) is 15.6. The summed E-state index contributed by atoms with van der Waals surface area (Å²) in [5, 5.41) is 3.35. The lowest BCUT2D eigenvalue weighted by molar-refractivity contribution is 0.0526. The standard InChI is InChI=1S/C14H22BrNO2/c1-12(10-16-8-5-9-17-2)18-11-13-6-3-4-7-14(13)15/h3-4,6-7,12,16H,5,8-11H2,1-2H3. The number of ether oxygens (including phenoxy) is 2. The van der Waals surface area contributed by atoms with Crippen molar-refractivity contribution in [3.05, 3.63) is 34.3 Å². The maximum Gasteiger partial charge on any atom is 0.0732 e. The third-order valence-electron chi connectivity index (χ3n) is 2.62. The van der Waals surface area contributed by atoms with Gasteiger partial charge in [-0.05, 0) is 31.5 Å². The lowest BCUT2D eigenvalue weighted by atomic mass is 10.2. The summed E-state index contributed by atoms with van der Waals surface area (Å²) in [5.41, 5.74) is 1.18. The number of hydrogen-bond acceptors (Lipinski definition) is 3. The molecule has 4 heteroatoms. The second kappa shape index (κ2) is 9.50. The molecule has 3 nitrogen and oxygen atoms in total. The molecule has 0 aliphatic carbocycles. The molecular formula is C14H22BrNO2. The Morgan fingerprint density at radius 1 is 1.33 bits per heavy atom. The predicted octanol–water partition coefficient (Wildman–Crippen LogP) is 2.98. The molecule has 1 unspecified atom stereocenters. The van der Waals surface area contributed by atoms with Gasteiger partial charge in [0.25, 0.3) is 0 Å². The van der Waals surface area contributed by atoms with Gasteiger partial charge >= 0.3 is 0 Å². The molecule has 18 heavy (non-hydrogen) atoms. The van der Waals surface area contributed by atoms with Crippen LogP contribution in [0.1, 0.15) is 18.9 Å². The zero-order valence-electron chi connectivity index (χ0n) is 11.1. The minimum atomic E-state index is 0.208. The molecule has 0 fully saturated rings. The van der Waals surface area contributed by atoms with Crippen LogP contribution < -0.4 is 5.32 Å². The van der Waals surface area contributed by atoms with Gasteiger partial charge in [0.15, 0.2) is 0 Å². The number of halogens is 1. The van der Waals surface area contributed by atoms with Crippen molar-refractivity contribution >= 4 is 15.9 Å². The molecule has 0 aliphatic heterocycles. The third-order valence-corrected chi connectivity index (χ3v) is 3.39. The summed E-state index contributed by atoms with van der Waals surface area (Å²) in [7, 11) is 1.73. The van der Waals surface area contributed by atoms with Crippen LogP contribution in [-0.2, 0) is 16.1 Å². The monoisotopic (exact) mass is 315 g/mol. The van der Waals surface area contributed by atoms with E-state index in [1.54, 1.807) is 7.11 Å². The van der Waals surface area contributed by atoms with Crippen molar-refractivity contribution in [1.29, 1.82) is 0 Å². The fourth-order valence-electron chi connectivity index (χ4n) is 1.55. The van der Waals surface area contributed by atoms with Gasteiger partial charge in [-0.15, -0.1) is 0 Å². The smallest absolute Gasteiger partial charge is 0.0732 e.